The zero-order valence-corrected chi connectivity index (χ0v) is 18.8. The van der Waals surface area contributed by atoms with E-state index in [-0.39, 0.29) is 29.1 Å². The number of aryl methyl sites for hydroxylation is 2. The Morgan fingerprint density at radius 3 is 2.62 bits per heavy atom. The molecule has 0 bridgehead atoms. The lowest BCUT2D eigenvalue weighted by Crippen LogP contribution is -2.30. The molecular formula is C20H24N6O5S. The van der Waals surface area contributed by atoms with Gasteiger partial charge in [-0.05, 0) is 24.3 Å². The van der Waals surface area contributed by atoms with E-state index in [2.05, 4.69) is 15.3 Å². The number of nitrogens with zero attached hydrogens (tertiary/aromatic N) is 5. The zero-order chi connectivity index (χ0) is 23.5. The smallest absolute Gasteiger partial charge is 0.310 e. The molecule has 3 rings (SSSR count). The van der Waals surface area contributed by atoms with Gasteiger partial charge in [0.2, 0.25) is 15.9 Å². The van der Waals surface area contributed by atoms with E-state index in [1.54, 1.807) is 37.6 Å². The van der Waals surface area contributed by atoms with Crippen LogP contribution in [-0.4, -0.2) is 51.2 Å². The van der Waals surface area contributed by atoms with Crippen LogP contribution < -0.4 is 5.32 Å². The van der Waals surface area contributed by atoms with Gasteiger partial charge in [0, 0.05) is 39.2 Å². The van der Waals surface area contributed by atoms with Crippen LogP contribution >= 0.6 is 0 Å². The van der Waals surface area contributed by atoms with E-state index in [9.17, 15) is 23.3 Å². The molecule has 3 aromatic rings. The molecule has 11 nitrogen and oxygen atoms in total. The monoisotopic (exact) mass is 460 g/mol. The molecular weight excluding hydrogens is 436 g/mol. The topological polar surface area (TPSA) is 140 Å². The van der Waals surface area contributed by atoms with Gasteiger partial charge in [0.1, 0.15) is 17.7 Å². The largest absolute Gasteiger partial charge is 0.331 e. The summed E-state index contributed by atoms with van der Waals surface area (Å²) < 4.78 is 28.7. The van der Waals surface area contributed by atoms with Crippen LogP contribution in [0, 0.1) is 10.1 Å². The number of anilines is 1. The second kappa shape index (κ2) is 9.40. The number of aromatic nitrogens is 3. The fourth-order valence-corrected chi connectivity index (χ4v) is 4.88. The number of benzene rings is 1. The first-order valence-corrected chi connectivity index (χ1v) is 11.5. The lowest BCUT2D eigenvalue weighted by atomic mass is 10.2. The SMILES string of the molecule is CCN(CC)S(=O)(=O)c1ccc2c(c1)nc(CCC(=O)Nc1ccncc1[N+](=O)[O-])n2C. The summed E-state index contributed by atoms with van der Waals surface area (Å²) in [5, 5.41) is 13.6. The van der Waals surface area contributed by atoms with Gasteiger partial charge in [0.05, 0.1) is 20.9 Å². The van der Waals surface area contributed by atoms with Gasteiger partial charge >= 0.3 is 5.69 Å². The van der Waals surface area contributed by atoms with E-state index in [0.29, 0.717) is 24.4 Å². The van der Waals surface area contributed by atoms with Crippen molar-refractivity contribution < 1.29 is 18.1 Å². The van der Waals surface area contributed by atoms with E-state index < -0.39 is 20.9 Å². The first kappa shape index (κ1) is 23.3. The Kier molecular flexibility index (Phi) is 6.84. The van der Waals surface area contributed by atoms with Gasteiger partial charge in [0.25, 0.3) is 0 Å². The average Bonchev–Trinajstić information content (AvgIpc) is 3.08. The van der Waals surface area contributed by atoms with Crippen molar-refractivity contribution in [3.05, 3.63) is 52.6 Å². The predicted octanol–water partition coefficient (Wildman–Crippen LogP) is 2.48. The number of rotatable bonds is 9. The Labute approximate surface area is 185 Å². The highest BCUT2D eigenvalue weighted by molar-refractivity contribution is 7.89. The van der Waals surface area contributed by atoms with Crippen molar-refractivity contribution >= 4 is 38.3 Å². The molecule has 0 saturated heterocycles. The van der Waals surface area contributed by atoms with Gasteiger partial charge < -0.3 is 9.88 Å². The number of fused-ring (bicyclic) bond motifs is 1. The third-order valence-electron chi connectivity index (χ3n) is 5.13. The lowest BCUT2D eigenvalue weighted by Gasteiger charge is -2.18. The van der Waals surface area contributed by atoms with Crippen molar-refractivity contribution in [2.75, 3.05) is 18.4 Å². The van der Waals surface area contributed by atoms with Gasteiger partial charge in [-0.25, -0.2) is 13.4 Å². The van der Waals surface area contributed by atoms with Crippen LogP contribution in [0.4, 0.5) is 11.4 Å². The summed E-state index contributed by atoms with van der Waals surface area (Å²) >= 11 is 0. The molecule has 0 aliphatic rings. The third-order valence-corrected chi connectivity index (χ3v) is 7.18. The van der Waals surface area contributed by atoms with Gasteiger partial charge in [0.15, 0.2) is 0 Å². The van der Waals surface area contributed by atoms with Gasteiger partial charge in [-0.15, -0.1) is 0 Å². The van der Waals surface area contributed by atoms with E-state index >= 15 is 0 Å². The second-order valence-electron chi connectivity index (χ2n) is 7.03. The normalized spacial score (nSPS) is 11.8. The standard InChI is InChI=1S/C20H24N6O5S/c1-4-25(5-2)32(30,31)14-6-7-17-16(12-14)22-19(24(17)3)8-9-20(27)23-15-10-11-21-13-18(15)26(28)29/h6-7,10-13H,4-5,8-9H2,1-3H3,(H,21,23,27). The van der Waals surface area contributed by atoms with Crippen molar-refractivity contribution in [1.82, 2.24) is 18.8 Å². The number of hydrogen-bond acceptors (Lipinski definition) is 7. The van der Waals surface area contributed by atoms with Crippen molar-refractivity contribution in [3.63, 3.8) is 0 Å². The molecule has 0 unspecified atom stereocenters. The molecule has 32 heavy (non-hydrogen) atoms. The summed E-state index contributed by atoms with van der Waals surface area (Å²) in [7, 11) is -1.82. The Balaban J connectivity index is 1.78. The Bertz CT molecular complexity index is 1270. The summed E-state index contributed by atoms with van der Waals surface area (Å²) in [6.45, 7) is 4.30. The van der Waals surface area contributed by atoms with E-state index in [1.807, 2.05) is 0 Å². The molecule has 0 fully saturated rings. The summed E-state index contributed by atoms with van der Waals surface area (Å²) in [5.41, 5.74) is 1.04. The number of carbonyl (C=O) groups excluding carboxylic acids is 1. The first-order chi connectivity index (χ1) is 15.2. The Morgan fingerprint density at radius 2 is 1.97 bits per heavy atom. The van der Waals surface area contributed by atoms with Crippen LogP contribution in [-0.2, 0) is 28.3 Å². The highest BCUT2D eigenvalue weighted by atomic mass is 32.2. The number of nitro groups is 1. The first-order valence-electron chi connectivity index (χ1n) is 10.0. The molecule has 2 aromatic heterocycles. The minimum atomic E-state index is -3.61. The van der Waals surface area contributed by atoms with Crippen LogP contribution in [0.5, 0.6) is 0 Å². The van der Waals surface area contributed by atoms with Crippen molar-refractivity contribution in [2.45, 2.75) is 31.6 Å². The molecule has 1 aromatic carbocycles. The number of amides is 1. The van der Waals surface area contributed by atoms with Crippen molar-refractivity contribution in [3.8, 4) is 0 Å². The van der Waals surface area contributed by atoms with Crippen LogP contribution in [0.1, 0.15) is 26.1 Å². The second-order valence-corrected chi connectivity index (χ2v) is 8.96. The number of carbonyl (C=O) groups is 1. The quantitative estimate of drug-likeness (QED) is 0.382. The number of nitrogens with one attached hydrogen (secondary N) is 1. The molecule has 0 radical (unpaired) electrons. The van der Waals surface area contributed by atoms with Crippen LogP contribution in [0.2, 0.25) is 0 Å². The predicted molar refractivity (Wildman–Crippen MR) is 119 cm³/mol. The van der Waals surface area contributed by atoms with Crippen molar-refractivity contribution in [2.24, 2.45) is 7.05 Å². The lowest BCUT2D eigenvalue weighted by molar-refractivity contribution is -0.384. The summed E-state index contributed by atoms with van der Waals surface area (Å²) in [5.74, 6) is 0.188. The Hall–Kier alpha value is -3.38. The number of imidazole rings is 1. The van der Waals surface area contributed by atoms with Crippen LogP contribution in [0.15, 0.2) is 41.6 Å². The van der Waals surface area contributed by atoms with Crippen LogP contribution in [0.25, 0.3) is 11.0 Å². The molecule has 0 saturated carbocycles. The molecule has 2 heterocycles. The van der Waals surface area contributed by atoms with Gasteiger partial charge in [-0.1, -0.05) is 13.8 Å². The van der Waals surface area contributed by atoms with Gasteiger partial charge in [-0.2, -0.15) is 4.31 Å². The molecule has 0 spiro atoms. The zero-order valence-electron chi connectivity index (χ0n) is 18.0. The molecule has 170 valence electrons. The summed E-state index contributed by atoms with van der Waals surface area (Å²) in [6, 6.07) is 6.15. The van der Waals surface area contributed by atoms with Gasteiger partial charge in [-0.3, -0.25) is 19.9 Å². The maximum absolute atomic E-state index is 12.8. The van der Waals surface area contributed by atoms with E-state index in [0.717, 1.165) is 11.7 Å². The molecule has 0 aliphatic heterocycles. The number of pyridine rings is 1. The molecule has 0 atom stereocenters. The minimum absolute atomic E-state index is 0.0429. The molecule has 1 N–H and O–H groups in total. The maximum atomic E-state index is 12.8. The summed E-state index contributed by atoms with van der Waals surface area (Å²) in [4.78, 5) is 31.2. The minimum Gasteiger partial charge on any atom is -0.331 e. The third kappa shape index (κ3) is 4.60. The number of hydrogen-bond donors (Lipinski definition) is 1. The highest BCUT2D eigenvalue weighted by Gasteiger charge is 2.23. The number of sulfonamides is 1. The van der Waals surface area contributed by atoms with E-state index in [1.165, 1.54) is 22.6 Å². The fourth-order valence-electron chi connectivity index (χ4n) is 3.40. The highest BCUT2D eigenvalue weighted by Crippen LogP contribution is 2.24. The summed E-state index contributed by atoms with van der Waals surface area (Å²) in [6.07, 6.45) is 2.75. The Morgan fingerprint density at radius 1 is 1.25 bits per heavy atom. The maximum Gasteiger partial charge on any atom is 0.310 e. The van der Waals surface area contributed by atoms with Crippen molar-refractivity contribution in [1.29, 1.82) is 0 Å². The molecule has 0 aliphatic carbocycles. The fraction of sp³-hybridized carbons (Fsp3) is 0.350. The van der Waals surface area contributed by atoms with Crippen LogP contribution in [0.3, 0.4) is 0 Å². The molecule has 1 amide bonds. The average molecular weight is 461 g/mol. The molecule has 12 heteroatoms. The van der Waals surface area contributed by atoms with E-state index in [4.69, 9.17) is 0 Å².